The maximum Gasteiger partial charge on any atom is 0.295 e. The summed E-state index contributed by atoms with van der Waals surface area (Å²) in [7, 11) is 0. The van der Waals surface area contributed by atoms with E-state index in [2.05, 4.69) is 10.3 Å². The molecule has 1 unspecified atom stereocenters. The summed E-state index contributed by atoms with van der Waals surface area (Å²) in [5, 5.41) is 3.10. The molecule has 0 saturated carbocycles. The third-order valence-electron chi connectivity index (χ3n) is 6.61. The van der Waals surface area contributed by atoms with E-state index in [0.717, 1.165) is 35.2 Å². The van der Waals surface area contributed by atoms with Gasteiger partial charge in [0.15, 0.2) is 11.5 Å². The van der Waals surface area contributed by atoms with Crippen LogP contribution in [-0.4, -0.2) is 33.5 Å². The highest BCUT2D eigenvalue weighted by molar-refractivity contribution is 5.93. The van der Waals surface area contributed by atoms with E-state index >= 15 is 0 Å². The second kappa shape index (κ2) is 9.70. The van der Waals surface area contributed by atoms with E-state index in [1.54, 1.807) is 10.8 Å². The first-order chi connectivity index (χ1) is 17.0. The second-order valence-electron chi connectivity index (χ2n) is 9.25. The Kier molecular flexibility index (Phi) is 6.31. The number of fused-ring (bicyclic) bond motifs is 1. The predicted octanol–water partition coefficient (Wildman–Crippen LogP) is 4.31. The molecular formula is C28H29N5O2. The fourth-order valence-electron chi connectivity index (χ4n) is 4.67. The molecule has 0 radical (unpaired) electrons. The van der Waals surface area contributed by atoms with Gasteiger partial charge in [0.05, 0.1) is 12.5 Å². The number of aryl methyl sites for hydroxylation is 2. The van der Waals surface area contributed by atoms with Gasteiger partial charge in [-0.2, -0.15) is 0 Å². The third kappa shape index (κ3) is 4.80. The van der Waals surface area contributed by atoms with Crippen LogP contribution in [0.3, 0.4) is 0 Å². The Bertz CT molecular complexity index is 1430. The SMILES string of the molecule is Cc1ccc(C)c(NC(=O)C2CCCN(c3nc4cccnc4n(Cc4ccccc4)c3=O)C2)c1. The van der Waals surface area contributed by atoms with E-state index in [4.69, 9.17) is 4.98 Å². The lowest BCUT2D eigenvalue weighted by atomic mass is 9.96. The Labute approximate surface area is 204 Å². The molecule has 1 amide bonds. The van der Waals surface area contributed by atoms with Gasteiger partial charge in [-0.25, -0.2) is 9.97 Å². The lowest BCUT2D eigenvalue weighted by molar-refractivity contribution is -0.120. The molecule has 2 aromatic heterocycles. The van der Waals surface area contributed by atoms with E-state index in [0.29, 0.717) is 36.6 Å². The highest BCUT2D eigenvalue weighted by Gasteiger charge is 2.29. The Morgan fingerprint density at radius 2 is 1.91 bits per heavy atom. The van der Waals surface area contributed by atoms with Crippen molar-refractivity contribution in [1.82, 2.24) is 14.5 Å². The Morgan fingerprint density at radius 3 is 2.74 bits per heavy atom. The summed E-state index contributed by atoms with van der Waals surface area (Å²) in [6.45, 7) is 5.55. The molecule has 1 aliphatic rings. The number of benzene rings is 2. The van der Waals surface area contributed by atoms with Crippen LogP contribution in [0.4, 0.5) is 11.5 Å². The number of anilines is 2. The standard InChI is InChI=1S/C28H29N5O2/c1-19-12-13-20(2)24(16-19)31-27(34)22-10-7-15-32(18-22)26-28(35)33(17-21-8-4-3-5-9-21)25-23(30-26)11-6-14-29-25/h3-6,8-9,11-14,16,22H,7,10,15,17-18H2,1-2H3,(H,31,34). The van der Waals surface area contributed by atoms with Gasteiger partial charge in [0, 0.05) is 25.0 Å². The molecule has 5 rings (SSSR count). The van der Waals surface area contributed by atoms with Crippen LogP contribution in [0.5, 0.6) is 0 Å². The Morgan fingerprint density at radius 1 is 1.09 bits per heavy atom. The molecule has 1 atom stereocenters. The molecule has 2 aromatic carbocycles. The molecule has 3 heterocycles. The average molecular weight is 468 g/mol. The van der Waals surface area contributed by atoms with Crippen LogP contribution >= 0.6 is 0 Å². The molecule has 0 spiro atoms. The van der Waals surface area contributed by atoms with Crippen LogP contribution in [0, 0.1) is 19.8 Å². The van der Waals surface area contributed by atoms with Crippen LogP contribution < -0.4 is 15.8 Å². The lowest BCUT2D eigenvalue weighted by Gasteiger charge is -2.33. The van der Waals surface area contributed by atoms with Gasteiger partial charge in [0.25, 0.3) is 5.56 Å². The molecular weight excluding hydrogens is 438 g/mol. The number of aromatic nitrogens is 3. The predicted molar refractivity (Wildman–Crippen MR) is 139 cm³/mol. The van der Waals surface area contributed by atoms with Gasteiger partial charge in [0.1, 0.15) is 5.52 Å². The molecule has 1 N–H and O–H groups in total. The van der Waals surface area contributed by atoms with Crippen molar-refractivity contribution >= 4 is 28.6 Å². The van der Waals surface area contributed by atoms with E-state index < -0.39 is 0 Å². The molecule has 7 heteroatoms. The maximum absolute atomic E-state index is 13.7. The number of pyridine rings is 1. The number of amides is 1. The summed E-state index contributed by atoms with van der Waals surface area (Å²) >= 11 is 0. The zero-order chi connectivity index (χ0) is 24.4. The van der Waals surface area contributed by atoms with E-state index in [1.807, 2.05) is 79.4 Å². The molecule has 7 nitrogen and oxygen atoms in total. The minimum atomic E-state index is -0.225. The van der Waals surface area contributed by atoms with Crippen LogP contribution in [-0.2, 0) is 11.3 Å². The van der Waals surface area contributed by atoms with Gasteiger partial charge < -0.3 is 10.2 Å². The molecule has 1 saturated heterocycles. The lowest BCUT2D eigenvalue weighted by Crippen LogP contribution is -2.44. The minimum absolute atomic E-state index is 0.0181. The Hall–Kier alpha value is -4.00. The van der Waals surface area contributed by atoms with Crippen molar-refractivity contribution in [3.05, 3.63) is 93.9 Å². The smallest absolute Gasteiger partial charge is 0.295 e. The fraction of sp³-hybridized carbons (Fsp3) is 0.286. The summed E-state index contributed by atoms with van der Waals surface area (Å²) in [6.07, 6.45) is 3.27. The molecule has 0 aliphatic carbocycles. The molecule has 178 valence electrons. The van der Waals surface area contributed by atoms with Gasteiger partial charge >= 0.3 is 0 Å². The van der Waals surface area contributed by atoms with Crippen LogP contribution in [0.1, 0.15) is 29.5 Å². The first-order valence-corrected chi connectivity index (χ1v) is 12.0. The molecule has 1 aliphatic heterocycles. The number of rotatable bonds is 5. The quantitative estimate of drug-likeness (QED) is 0.473. The zero-order valence-electron chi connectivity index (χ0n) is 20.1. The van der Waals surface area contributed by atoms with Crippen molar-refractivity contribution in [2.24, 2.45) is 5.92 Å². The van der Waals surface area contributed by atoms with E-state index in [9.17, 15) is 9.59 Å². The monoisotopic (exact) mass is 467 g/mol. The van der Waals surface area contributed by atoms with Gasteiger partial charge in [-0.05, 0) is 61.6 Å². The van der Waals surface area contributed by atoms with Crippen LogP contribution in [0.2, 0.25) is 0 Å². The molecule has 4 aromatic rings. The minimum Gasteiger partial charge on any atom is -0.351 e. The van der Waals surface area contributed by atoms with E-state index in [-0.39, 0.29) is 17.4 Å². The van der Waals surface area contributed by atoms with Crippen molar-refractivity contribution in [2.75, 3.05) is 23.3 Å². The van der Waals surface area contributed by atoms with Crippen molar-refractivity contribution in [3.8, 4) is 0 Å². The number of hydrogen-bond acceptors (Lipinski definition) is 5. The van der Waals surface area contributed by atoms with Crippen LogP contribution in [0.25, 0.3) is 11.2 Å². The summed E-state index contributed by atoms with van der Waals surface area (Å²) in [5.41, 5.74) is 5.03. The third-order valence-corrected chi connectivity index (χ3v) is 6.61. The number of hydrogen-bond donors (Lipinski definition) is 1. The maximum atomic E-state index is 13.7. The topological polar surface area (TPSA) is 80.1 Å². The number of carbonyl (C=O) groups excluding carboxylic acids is 1. The van der Waals surface area contributed by atoms with Crippen molar-refractivity contribution in [3.63, 3.8) is 0 Å². The van der Waals surface area contributed by atoms with E-state index in [1.165, 1.54) is 0 Å². The largest absolute Gasteiger partial charge is 0.351 e. The van der Waals surface area contributed by atoms with Crippen LogP contribution in [0.15, 0.2) is 71.7 Å². The first-order valence-electron chi connectivity index (χ1n) is 12.0. The van der Waals surface area contributed by atoms with Gasteiger partial charge in [-0.3, -0.25) is 14.2 Å². The number of carbonyl (C=O) groups is 1. The van der Waals surface area contributed by atoms with Gasteiger partial charge in [0.2, 0.25) is 5.91 Å². The Balaban J connectivity index is 1.44. The summed E-state index contributed by atoms with van der Waals surface area (Å²) in [5.74, 6) is 0.137. The highest BCUT2D eigenvalue weighted by Crippen LogP contribution is 2.24. The molecule has 0 bridgehead atoms. The van der Waals surface area contributed by atoms with Crippen molar-refractivity contribution in [1.29, 1.82) is 0 Å². The highest BCUT2D eigenvalue weighted by atomic mass is 16.2. The molecule has 1 fully saturated rings. The normalized spacial score (nSPS) is 15.8. The molecule has 35 heavy (non-hydrogen) atoms. The number of nitrogens with one attached hydrogen (secondary N) is 1. The number of piperidine rings is 1. The van der Waals surface area contributed by atoms with Gasteiger partial charge in [-0.15, -0.1) is 0 Å². The van der Waals surface area contributed by atoms with Crippen molar-refractivity contribution < 1.29 is 4.79 Å². The van der Waals surface area contributed by atoms with Crippen molar-refractivity contribution in [2.45, 2.75) is 33.2 Å². The summed E-state index contributed by atoms with van der Waals surface area (Å²) < 4.78 is 1.69. The fourth-order valence-corrected chi connectivity index (χ4v) is 4.67. The zero-order valence-corrected chi connectivity index (χ0v) is 20.1. The first kappa shape index (κ1) is 22.8. The number of nitrogens with zero attached hydrogens (tertiary/aromatic N) is 4. The summed E-state index contributed by atoms with van der Waals surface area (Å²) in [4.78, 5) is 37.9. The average Bonchev–Trinajstić information content (AvgIpc) is 2.88. The van der Waals surface area contributed by atoms with Gasteiger partial charge in [-0.1, -0.05) is 42.5 Å². The second-order valence-corrected chi connectivity index (χ2v) is 9.25. The summed E-state index contributed by atoms with van der Waals surface area (Å²) in [6, 6.07) is 19.6.